The second-order valence-corrected chi connectivity index (χ2v) is 6.13. The van der Waals surface area contributed by atoms with Crippen molar-refractivity contribution in [3.8, 4) is 22.6 Å². The monoisotopic (exact) mass is 321 g/mol. The van der Waals surface area contributed by atoms with E-state index in [-0.39, 0.29) is 0 Å². The van der Waals surface area contributed by atoms with Crippen molar-refractivity contribution in [3.63, 3.8) is 0 Å². The predicted octanol–water partition coefficient (Wildman–Crippen LogP) is 6.32. The first-order valence-electron chi connectivity index (χ1n) is 8.32. The summed E-state index contributed by atoms with van der Waals surface area (Å²) in [6, 6.07) is 31.2. The fourth-order valence-corrected chi connectivity index (χ4v) is 3.17. The number of benzene rings is 4. The third kappa shape index (κ3) is 2.48. The van der Waals surface area contributed by atoms with E-state index in [0.717, 1.165) is 16.7 Å². The van der Waals surface area contributed by atoms with Gasteiger partial charge in [0.15, 0.2) is 5.58 Å². The first-order chi connectivity index (χ1) is 12.4. The minimum absolute atomic E-state index is 0.659. The number of aromatic nitrogens is 1. The molecule has 4 aromatic carbocycles. The highest BCUT2D eigenvalue weighted by molar-refractivity contribution is 5.87. The molecular weight excluding hydrogens is 306 g/mol. The number of nitrogens with zero attached hydrogens (tertiary/aromatic N) is 1. The summed E-state index contributed by atoms with van der Waals surface area (Å²) >= 11 is 0. The number of rotatable bonds is 2. The van der Waals surface area contributed by atoms with Crippen LogP contribution in [-0.2, 0) is 0 Å². The Morgan fingerprint density at radius 3 is 2.08 bits per heavy atom. The zero-order chi connectivity index (χ0) is 16.6. The van der Waals surface area contributed by atoms with Gasteiger partial charge in [-0.2, -0.15) is 0 Å². The molecule has 0 atom stereocenters. The smallest absolute Gasteiger partial charge is 0.227 e. The van der Waals surface area contributed by atoms with Crippen LogP contribution in [0.25, 0.3) is 44.5 Å². The molecule has 0 saturated heterocycles. The fourth-order valence-electron chi connectivity index (χ4n) is 3.17. The van der Waals surface area contributed by atoms with Crippen LogP contribution in [0.3, 0.4) is 0 Å². The zero-order valence-corrected chi connectivity index (χ0v) is 13.5. The normalized spacial score (nSPS) is 11.2. The van der Waals surface area contributed by atoms with Crippen LogP contribution >= 0.6 is 0 Å². The maximum atomic E-state index is 5.85. The number of para-hydroxylation sites is 2. The molecule has 0 aliphatic rings. The minimum Gasteiger partial charge on any atom is -0.436 e. The highest BCUT2D eigenvalue weighted by atomic mass is 16.3. The Morgan fingerprint density at radius 2 is 1.24 bits per heavy atom. The topological polar surface area (TPSA) is 26.0 Å². The molecule has 2 nitrogen and oxygen atoms in total. The third-order valence-corrected chi connectivity index (χ3v) is 4.51. The van der Waals surface area contributed by atoms with Gasteiger partial charge in [-0.1, -0.05) is 60.7 Å². The largest absolute Gasteiger partial charge is 0.436 e. The zero-order valence-electron chi connectivity index (χ0n) is 13.5. The maximum absolute atomic E-state index is 5.85. The second-order valence-electron chi connectivity index (χ2n) is 6.13. The van der Waals surface area contributed by atoms with E-state index in [2.05, 4.69) is 71.7 Å². The number of hydrogen-bond acceptors (Lipinski definition) is 2. The Bertz CT molecular complexity index is 1150. The van der Waals surface area contributed by atoms with Crippen LogP contribution in [0.4, 0.5) is 0 Å². The van der Waals surface area contributed by atoms with Gasteiger partial charge in [-0.05, 0) is 52.2 Å². The van der Waals surface area contributed by atoms with Crippen molar-refractivity contribution in [1.29, 1.82) is 0 Å². The van der Waals surface area contributed by atoms with E-state index in [1.807, 2.05) is 24.3 Å². The van der Waals surface area contributed by atoms with E-state index in [1.54, 1.807) is 0 Å². The lowest BCUT2D eigenvalue weighted by molar-refractivity contribution is 0.620. The van der Waals surface area contributed by atoms with Gasteiger partial charge < -0.3 is 4.42 Å². The molecule has 0 unspecified atom stereocenters. The summed E-state index contributed by atoms with van der Waals surface area (Å²) in [5.41, 5.74) is 5.08. The van der Waals surface area contributed by atoms with Crippen molar-refractivity contribution in [2.24, 2.45) is 0 Å². The Kier molecular flexibility index (Phi) is 3.14. The summed E-state index contributed by atoms with van der Waals surface area (Å²) in [4.78, 5) is 4.56. The first-order valence-corrected chi connectivity index (χ1v) is 8.32. The molecule has 5 rings (SSSR count). The van der Waals surface area contributed by atoms with Crippen LogP contribution in [0.5, 0.6) is 0 Å². The van der Waals surface area contributed by atoms with Crippen molar-refractivity contribution in [2.75, 3.05) is 0 Å². The van der Waals surface area contributed by atoms with Crippen molar-refractivity contribution in [2.45, 2.75) is 0 Å². The van der Waals surface area contributed by atoms with Crippen molar-refractivity contribution >= 4 is 21.9 Å². The molecule has 118 valence electrons. The van der Waals surface area contributed by atoms with Crippen molar-refractivity contribution in [3.05, 3.63) is 91.0 Å². The molecule has 0 radical (unpaired) electrons. The quantitative estimate of drug-likeness (QED) is 0.380. The molecule has 2 heteroatoms. The second kappa shape index (κ2) is 5.60. The summed E-state index contributed by atoms with van der Waals surface area (Å²) in [6.45, 7) is 0. The van der Waals surface area contributed by atoms with Crippen LogP contribution in [0, 0.1) is 0 Å². The van der Waals surface area contributed by atoms with Crippen molar-refractivity contribution < 1.29 is 4.42 Å². The van der Waals surface area contributed by atoms with Gasteiger partial charge in [-0.15, -0.1) is 0 Å². The lowest BCUT2D eigenvalue weighted by Gasteiger charge is -2.05. The van der Waals surface area contributed by atoms with Gasteiger partial charge in [0.1, 0.15) is 5.52 Å². The molecular formula is C23H15NO. The highest BCUT2D eigenvalue weighted by Crippen LogP contribution is 2.28. The molecule has 0 saturated carbocycles. The van der Waals surface area contributed by atoms with E-state index in [9.17, 15) is 0 Å². The Morgan fingerprint density at radius 1 is 0.560 bits per heavy atom. The van der Waals surface area contributed by atoms with Gasteiger partial charge in [0.2, 0.25) is 5.89 Å². The maximum Gasteiger partial charge on any atom is 0.227 e. The van der Waals surface area contributed by atoms with E-state index in [0.29, 0.717) is 5.89 Å². The van der Waals surface area contributed by atoms with E-state index in [1.165, 1.54) is 21.9 Å². The molecule has 5 aromatic rings. The number of fused-ring (bicyclic) bond motifs is 2. The third-order valence-electron chi connectivity index (χ3n) is 4.51. The molecule has 0 aliphatic heterocycles. The summed E-state index contributed by atoms with van der Waals surface area (Å²) in [7, 11) is 0. The van der Waals surface area contributed by atoms with Gasteiger partial charge in [-0.25, -0.2) is 4.98 Å². The summed E-state index contributed by atoms with van der Waals surface area (Å²) in [5, 5.41) is 2.51. The van der Waals surface area contributed by atoms with E-state index >= 15 is 0 Å². The van der Waals surface area contributed by atoms with Gasteiger partial charge in [-0.3, -0.25) is 0 Å². The van der Waals surface area contributed by atoms with Crippen LogP contribution < -0.4 is 0 Å². The summed E-state index contributed by atoms with van der Waals surface area (Å²) in [6.07, 6.45) is 0. The molecule has 0 N–H and O–H groups in total. The Hall–Kier alpha value is -3.39. The lowest BCUT2D eigenvalue weighted by atomic mass is 10.0. The fraction of sp³-hybridized carbons (Fsp3) is 0. The van der Waals surface area contributed by atoms with E-state index in [4.69, 9.17) is 4.42 Å². The van der Waals surface area contributed by atoms with Crippen LogP contribution in [0.15, 0.2) is 95.4 Å². The molecule has 0 spiro atoms. The average molecular weight is 321 g/mol. The van der Waals surface area contributed by atoms with Crippen LogP contribution in [0.2, 0.25) is 0 Å². The Balaban J connectivity index is 1.53. The van der Waals surface area contributed by atoms with Gasteiger partial charge in [0.05, 0.1) is 0 Å². The van der Waals surface area contributed by atoms with Gasteiger partial charge >= 0.3 is 0 Å². The molecule has 1 aromatic heterocycles. The van der Waals surface area contributed by atoms with Crippen molar-refractivity contribution in [1.82, 2.24) is 4.98 Å². The number of hydrogen-bond donors (Lipinski definition) is 0. The molecule has 0 fully saturated rings. The van der Waals surface area contributed by atoms with Crippen LogP contribution in [0.1, 0.15) is 0 Å². The molecule has 25 heavy (non-hydrogen) atoms. The van der Waals surface area contributed by atoms with Gasteiger partial charge in [0, 0.05) is 5.56 Å². The van der Waals surface area contributed by atoms with E-state index < -0.39 is 0 Å². The average Bonchev–Trinajstić information content (AvgIpc) is 3.12. The van der Waals surface area contributed by atoms with Gasteiger partial charge in [0.25, 0.3) is 0 Å². The summed E-state index contributed by atoms with van der Waals surface area (Å²) < 4.78 is 5.85. The highest BCUT2D eigenvalue weighted by Gasteiger charge is 2.08. The molecule has 0 aliphatic carbocycles. The molecule has 0 bridgehead atoms. The predicted molar refractivity (Wildman–Crippen MR) is 102 cm³/mol. The SMILES string of the molecule is c1ccc2cc(-c3ccc(-c4nc5ccccc5o4)cc3)ccc2c1. The lowest BCUT2D eigenvalue weighted by Crippen LogP contribution is -1.81. The Labute approximate surface area is 145 Å². The number of oxazole rings is 1. The molecule has 1 heterocycles. The summed E-state index contributed by atoms with van der Waals surface area (Å²) in [5.74, 6) is 0.659. The standard InChI is InChI=1S/C23H15NO/c1-2-6-19-15-20(14-11-16(19)5-1)17-9-12-18(13-10-17)23-24-21-7-3-4-8-22(21)25-23/h1-15H. The van der Waals surface area contributed by atoms with Crippen LogP contribution in [-0.4, -0.2) is 4.98 Å². The molecule has 0 amide bonds. The minimum atomic E-state index is 0.659. The first kappa shape index (κ1) is 14.0.